The lowest BCUT2D eigenvalue weighted by Gasteiger charge is -1.97. The molecule has 0 aliphatic carbocycles. The molecule has 0 atom stereocenters. The highest BCUT2D eigenvalue weighted by Crippen LogP contribution is 1.91. The van der Waals surface area contributed by atoms with E-state index >= 15 is 0 Å². The number of aromatic nitrogens is 2. The Labute approximate surface area is 55.7 Å². The summed E-state index contributed by atoms with van der Waals surface area (Å²) in [6.45, 7) is 0. The van der Waals surface area contributed by atoms with Crippen molar-refractivity contribution in [2.75, 3.05) is 5.23 Å². The van der Waals surface area contributed by atoms with Gasteiger partial charge in [0.15, 0.2) is 7.85 Å². The molecule has 9 heavy (non-hydrogen) atoms. The normalized spacial score (nSPS) is 8.89. The third kappa shape index (κ3) is 1.45. The third-order valence-corrected chi connectivity index (χ3v) is 0.822. The highest BCUT2D eigenvalue weighted by atomic mass is 15.0. The summed E-state index contributed by atoms with van der Waals surface area (Å²) in [4.78, 5) is 7.38. The van der Waals surface area contributed by atoms with Gasteiger partial charge in [0.25, 0.3) is 0 Å². The van der Waals surface area contributed by atoms with Gasteiger partial charge in [-0.1, -0.05) is 0 Å². The molecule has 0 saturated carbocycles. The second-order valence-electron chi connectivity index (χ2n) is 1.44. The van der Waals surface area contributed by atoms with Crippen LogP contribution in [0, 0.1) is 0 Å². The van der Waals surface area contributed by atoms with Crippen LogP contribution in [-0.4, -0.2) is 25.8 Å². The van der Waals surface area contributed by atoms with Crippen molar-refractivity contribution in [3.05, 3.63) is 12.3 Å². The molecule has 0 aliphatic rings. The van der Waals surface area contributed by atoms with Crippen LogP contribution in [0.3, 0.4) is 0 Å². The minimum absolute atomic E-state index is 0.213. The smallest absolute Gasteiger partial charge is 0.224 e. The second kappa shape index (κ2) is 2.53. The summed E-state index contributed by atoms with van der Waals surface area (Å²) in [6.07, 6.45) is 1.53. The van der Waals surface area contributed by atoms with E-state index in [1.165, 1.54) is 6.20 Å². The zero-order valence-corrected chi connectivity index (χ0v) is 4.70. The third-order valence-electron chi connectivity index (χ3n) is 0.822. The zero-order chi connectivity index (χ0) is 6.69. The Morgan fingerprint density at radius 1 is 1.56 bits per heavy atom. The van der Waals surface area contributed by atoms with Crippen molar-refractivity contribution in [1.29, 1.82) is 0 Å². The van der Waals surface area contributed by atoms with Crippen molar-refractivity contribution >= 4 is 27.4 Å². The maximum absolute atomic E-state index is 5.22. The van der Waals surface area contributed by atoms with Crippen molar-refractivity contribution in [2.45, 2.75) is 0 Å². The number of anilines is 1. The predicted octanol–water partition coefficient (Wildman–Crippen LogP) is -1.23. The number of nitrogens with one attached hydrogen (secondary N) is 1. The van der Waals surface area contributed by atoms with Crippen molar-refractivity contribution in [2.24, 2.45) is 0 Å². The van der Waals surface area contributed by atoms with Crippen LogP contribution in [-0.2, 0) is 0 Å². The van der Waals surface area contributed by atoms with Crippen molar-refractivity contribution in [3.8, 4) is 0 Å². The van der Waals surface area contributed by atoms with E-state index in [-0.39, 0.29) is 5.72 Å². The van der Waals surface area contributed by atoms with Gasteiger partial charge in [-0.25, -0.2) is 4.98 Å². The maximum atomic E-state index is 5.22. The zero-order valence-electron chi connectivity index (χ0n) is 4.70. The van der Waals surface area contributed by atoms with Crippen LogP contribution in [0.25, 0.3) is 0 Å². The molecule has 0 spiro atoms. The van der Waals surface area contributed by atoms with Gasteiger partial charge in [-0.3, -0.25) is 4.98 Å². The summed E-state index contributed by atoms with van der Waals surface area (Å²) in [5, 5.41) is 2.34. The molecular weight excluding hydrogens is 112 g/mol. The minimum atomic E-state index is 0.213. The molecule has 1 aromatic rings. The molecule has 0 aromatic carbocycles. The first kappa shape index (κ1) is 6.13. The molecule has 3 nitrogen and oxygen atoms in total. The van der Waals surface area contributed by atoms with E-state index < -0.39 is 0 Å². The molecule has 4 radical (unpaired) electrons. The van der Waals surface area contributed by atoms with Gasteiger partial charge >= 0.3 is 0 Å². The van der Waals surface area contributed by atoms with E-state index in [2.05, 4.69) is 15.2 Å². The van der Waals surface area contributed by atoms with Gasteiger partial charge in [0, 0.05) is 6.20 Å². The van der Waals surface area contributed by atoms with Gasteiger partial charge in [-0.2, -0.15) is 0 Å². The molecule has 40 valence electrons. The average molecular weight is 115 g/mol. The highest BCUT2D eigenvalue weighted by molar-refractivity contribution is 6.29. The monoisotopic (exact) mass is 115 g/mol. The first-order valence-electron chi connectivity index (χ1n) is 2.38. The van der Waals surface area contributed by atoms with Crippen LogP contribution in [0.4, 0.5) is 5.82 Å². The fourth-order valence-electron chi connectivity index (χ4n) is 0.454. The molecule has 1 rings (SSSR count). The lowest BCUT2D eigenvalue weighted by molar-refractivity contribution is 1.24. The van der Waals surface area contributed by atoms with Gasteiger partial charge in [-0.05, 0) is 6.07 Å². The molecule has 5 heteroatoms. The SMILES string of the molecule is [B]Nc1ccnc([B])n1. The van der Waals surface area contributed by atoms with Crippen molar-refractivity contribution in [3.63, 3.8) is 0 Å². The summed E-state index contributed by atoms with van der Waals surface area (Å²) < 4.78 is 0. The molecule has 0 amide bonds. The Hall–Kier alpha value is -0.990. The average Bonchev–Trinajstić information content (AvgIpc) is 1.88. The van der Waals surface area contributed by atoms with Crippen LogP contribution in [0.1, 0.15) is 0 Å². The number of rotatable bonds is 1. The number of nitrogens with zero attached hydrogens (tertiary/aromatic N) is 2. The van der Waals surface area contributed by atoms with Crippen LogP contribution in [0.15, 0.2) is 12.3 Å². The molecule has 1 aromatic heterocycles. The first-order valence-corrected chi connectivity index (χ1v) is 2.38. The topological polar surface area (TPSA) is 37.8 Å². The second-order valence-corrected chi connectivity index (χ2v) is 1.44. The van der Waals surface area contributed by atoms with Gasteiger partial charge < -0.3 is 5.23 Å². The molecule has 1 heterocycles. The van der Waals surface area contributed by atoms with E-state index in [1.54, 1.807) is 6.07 Å². The van der Waals surface area contributed by atoms with Crippen molar-refractivity contribution < 1.29 is 0 Å². The van der Waals surface area contributed by atoms with Gasteiger partial charge in [0.1, 0.15) is 5.82 Å². The molecular formula is C4H3B2N3. The molecule has 0 saturated heterocycles. The Morgan fingerprint density at radius 3 is 2.78 bits per heavy atom. The van der Waals surface area contributed by atoms with Crippen LogP contribution in [0.2, 0.25) is 0 Å². The lowest BCUT2D eigenvalue weighted by Crippen LogP contribution is -2.13. The fraction of sp³-hybridized carbons (Fsp3) is 0. The number of hydrogen-bond donors (Lipinski definition) is 1. The van der Waals surface area contributed by atoms with Gasteiger partial charge in [0.2, 0.25) is 7.98 Å². The Balaban J connectivity index is 2.94. The highest BCUT2D eigenvalue weighted by Gasteiger charge is 1.87. The van der Waals surface area contributed by atoms with Gasteiger partial charge in [-0.15, -0.1) is 0 Å². The first-order chi connectivity index (χ1) is 4.33. The Kier molecular flexibility index (Phi) is 1.72. The van der Waals surface area contributed by atoms with Crippen LogP contribution in [0.5, 0.6) is 0 Å². The fourth-order valence-corrected chi connectivity index (χ4v) is 0.454. The molecule has 0 unspecified atom stereocenters. The lowest BCUT2D eigenvalue weighted by atomic mass is 10.1. The summed E-state index contributed by atoms with van der Waals surface area (Å²) in [7, 11) is 10.2. The minimum Gasteiger partial charge on any atom is -0.423 e. The Bertz CT molecular complexity index is 203. The van der Waals surface area contributed by atoms with Crippen molar-refractivity contribution in [1.82, 2.24) is 9.97 Å². The summed E-state index contributed by atoms with van der Waals surface area (Å²) in [5.41, 5.74) is 0.213. The summed E-state index contributed by atoms with van der Waals surface area (Å²) >= 11 is 0. The van der Waals surface area contributed by atoms with E-state index in [1.807, 2.05) is 0 Å². The maximum Gasteiger partial charge on any atom is 0.224 e. The van der Waals surface area contributed by atoms with Crippen LogP contribution < -0.4 is 11.0 Å². The molecule has 1 N–H and O–H groups in total. The standard InChI is InChI=1S/C4H3B2N3/c5-4-7-2-1-3(8-4)9-6/h1-2H,(H,7,8,9). The largest absolute Gasteiger partial charge is 0.423 e. The van der Waals surface area contributed by atoms with E-state index in [4.69, 9.17) is 15.8 Å². The molecule has 0 fully saturated rings. The predicted molar refractivity (Wildman–Crippen MR) is 36.8 cm³/mol. The summed E-state index contributed by atoms with van der Waals surface area (Å²) in [5.74, 6) is 0.516. The number of hydrogen-bond acceptors (Lipinski definition) is 3. The van der Waals surface area contributed by atoms with Crippen LogP contribution >= 0.6 is 0 Å². The van der Waals surface area contributed by atoms with E-state index in [9.17, 15) is 0 Å². The Morgan fingerprint density at radius 2 is 2.33 bits per heavy atom. The molecule has 0 bridgehead atoms. The molecule has 0 aliphatic heterocycles. The summed E-state index contributed by atoms with van der Waals surface area (Å²) in [6, 6.07) is 1.62. The van der Waals surface area contributed by atoms with Gasteiger partial charge in [0.05, 0.1) is 5.72 Å². The van der Waals surface area contributed by atoms with E-state index in [0.29, 0.717) is 5.82 Å². The van der Waals surface area contributed by atoms with E-state index in [0.717, 1.165) is 0 Å². The quantitative estimate of drug-likeness (QED) is 0.465.